The Labute approximate surface area is 194 Å². The number of likely N-dealkylation sites (tertiary alicyclic amines) is 2. The summed E-state index contributed by atoms with van der Waals surface area (Å²) in [7, 11) is 1.66. The molecule has 0 spiro atoms. The van der Waals surface area contributed by atoms with E-state index in [9.17, 15) is 9.59 Å². The van der Waals surface area contributed by atoms with Crippen LogP contribution in [0.1, 0.15) is 26.2 Å². The summed E-state index contributed by atoms with van der Waals surface area (Å²) in [5.74, 6) is 0.882. The summed E-state index contributed by atoms with van der Waals surface area (Å²) < 4.78 is 10.8. The van der Waals surface area contributed by atoms with E-state index >= 15 is 0 Å². The molecule has 3 heterocycles. The van der Waals surface area contributed by atoms with E-state index in [-0.39, 0.29) is 24.1 Å². The second kappa shape index (κ2) is 9.06. The molecule has 0 unspecified atom stereocenters. The molecule has 0 N–H and O–H groups in total. The highest BCUT2D eigenvalue weighted by molar-refractivity contribution is 6.03. The van der Waals surface area contributed by atoms with Crippen LogP contribution in [0.2, 0.25) is 0 Å². The van der Waals surface area contributed by atoms with E-state index in [0.717, 1.165) is 48.4 Å². The molecule has 3 aliphatic rings. The number of carbonyl (C=O) groups is 2. The molecule has 2 aromatic rings. The van der Waals surface area contributed by atoms with Gasteiger partial charge >= 0.3 is 6.09 Å². The van der Waals surface area contributed by atoms with Crippen LogP contribution in [0.25, 0.3) is 11.1 Å². The number of carbonyl (C=O) groups excluding carboxylic acids is 2. The minimum Gasteiger partial charge on any atom is -0.495 e. The van der Waals surface area contributed by atoms with E-state index in [0.29, 0.717) is 25.7 Å². The number of hydrogen-bond donors (Lipinski definition) is 0. The zero-order valence-corrected chi connectivity index (χ0v) is 19.3. The van der Waals surface area contributed by atoms with Crippen molar-refractivity contribution in [1.29, 1.82) is 0 Å². The highest BCUT2D eigenvalue weighted by Crippen LogP contribution is 2.43. The first-order chi connectivity index (χ1) is 16.1. The van der Waals surface area contributed by atoms with Gasteiger partial charge < -0.3 is 19.3 Å². The first-order valence-corrected chi connectivity index (χ1v) is 11.8. The molecule has 2 atom stereocenters. The minimum absolute atomic E-state index is 0.0979. The largest absolute Gasteiger partial charge is 0.495 e. The van der Waals surface area contributed by atoms with Gasteiger partial charge in [0.15, 0.2) is 0 Å². The molecule has 2 aromatic carbocycles. The van der Waals surface area contributed by atoms with Gasteiger partial charge in [0, 0.05) is 25.7 Å². The maximum Gasteiger partial charge on any atom is 0.409 e. The van der Waals surface area contributed by atoms with Crippen LogP contribution in [0.4, 0.5) is 10.5 Å². The van der Waals surface area contributed by atoms with Gasteiger partial charge in [0.05, 0.1) is 31.5 Å². The molecule has 174 valence electrons. The van der Waals surface area contributed by atoms with Crippen LogP contribution in [0, 0.1) is 0 Å². The third-order valence-corrected chi connectivity index (χ3v) is 7.21. The Bertz CT molecular complexity index is 1020. The van der Waals surface area contributed by atoms with Crippen LogP contribution in [0.15, 0.2) is 48.5 Å². The van der Waals surface area contributed by atoms with E-state index in [1.165, 1.54) is 0 Å². The summed E-state index contributed by atoms with van der Waals surface area (Å²) in [6, 6.07) is 16.7. The van der Waals surface area contributed by atoms with E-state index in [1.807, 2.05) is 42.2 Å². The maximum absolute atomic E-state index is 13.5. The molecule has 2 amide bonds. The van der Waals surface area contributed by atoms with Gasteiger partial charge in [-0.05, 0) is 49.4 Å². The van der Waals surface area contributed by atoms with Gasteiger partial charge in [0.1, 0.15) is 5.75 Å². The molecule has 33 heavy (non-hydrogen) atoms. The molecular formula is C26H31N3O4. The van der Waals surface area contributed by atoms with Crippen molar-refractivity contribution in [1.82, 2.24) is 9.80 Å². The standard InChI is InChI=1S/C26H31N3O4/c1-3-33-26(31)27-13-11-20(12-14-27)28-17-21-16-23(28)25(30)29(21)22-15-19(9-10-24(22)32-2)18-7-5-4-6-8-18/h4-10,15,20-21,23H,3,11-14,16-17H2,1-2H3/t21-,23-/m0/s1. The van der Waals surface area contributed by atoms with Crippen molar-refractivity contribution >= 4 is 17.7 Å². The van der Waals surface area contributed by atoms with Gasteiger partial charge in [0.25, 0.3) is 0 Å². The lowest BCUT2D eigenvalue weighted by molar-refractivity contribution is -0.124. The van der Waals surface area contributed by atoms with Gasteiger partial charge in [-0.2, -0.15) is 0 Å². The summed E-state index contributed by atoms with van der Waals surface area (Å²) in [6.07, 6.45) is 2.37. The first kappa shape index (κ1) is 21.8. The molecule has 7 nitrogen and oxygen atoms in total. The molecule has 2 bridgehead atoms. The van der Waals surface area contributed by atoms with E-state index in [1.54, 1.807) is 12.0 Å². The number of ether oxygens (including phenoxy) is 2. The quantitative estimate of drug-likeness (QED) is 0.695. The molecule has 3 aliphatic heterocycles. The number of hydrogen-bond acceptors (Lipinski definition) is 5. The topological polar surface area (TPSA) is 62.3 Å². The van der Waals surface area contributed by atoms with Crippen molar-refractivity contribution in [2.24, 2.45) is 0 Å². The van der Waals surface area contributed by atoms with E-state index in [4.69, 9.17) is 9.47 Å². The summed E-state index contributed by atoms with van der Waals surface area (Å²) in [5, 5.41) is 0. The molecule has 7 heteroatoms. The molecule has 0 aromatic heterocycles. The Morgan fingerprint density at radius 1 is 1.03 bits per heavy atom. The second-order valence-corrected chi connectivity index (χ2v) is 8.98. The third-order valence-electron chi connectivity index (χ3n) is 7.21. The van der Waals surface area contributed by atoms with Gasteiger partial charge in [-0.3, -0.25) is 9.69 Å². The number of methoxy groups -OCH3 is 1. The van der Waals surface area contributed by atoms with Gasteiger partial charge in [-0.25, -0.2) is 4.79 Å². The van der Waals surface area contributed by atoms with Crippen LogP contribution in [-0.2, 0) is 9.53 Å². The van der Waals surface area contributed by atoms with Crippen molar-refractivity contribution in [2.75, 3.05) is 38.3 Å². The smallest absolute Gasteiger partial charge is 0.409 e. The number of piperidine rings is 1. The SMILES string of the molecule is CCOC(=O)N1CCC(N2C[C@@H]3C[C@H]2C(=O)N3c2cc(-c3ccccc3)ccc2OC)CC1. The summed E-state index contributed by atoms with van der Waals surface area (Å²) in [5.41, 5.74) is 3.05. The second-order valence-electron chi connectivity index (χ2n) is 8.98. The number of piperazine rings is 1. The van der Waals surface area contributed by atoms with E-state index < -0.39 is 0 Å². The van der Waals surface area contributed by atoms with E-state index in [2.05, 4.69) is 23.1 Å². The van der Waals surface area contributed by atoms with Crippen molar-refractivity contribution < 1.29 is 19.1 Å². The predicted molar refractivity (Wildman–Crippen MR) is 126 cm³/mol. The summed E-state index contributed by atoms with van der Waals surface area (Å²) in [6.45, 7) is 4.45. The molecule has 0 aliphatic carbocycles. The Kier molecular flexibility index (Phi) is 5.98. The third kappa shape index (κ3) is 3.95. The van der Waals surface area contributed by atoms with Crippen LogP contribution in [0.3, 0.4) is 0 Å². The zero-order valence-electron chi connectivity index (χ0n) is 19.3. The summed E-state index contributed by atoms with van der Waals surface area (Å²) in [4.78, 5) is 31.7. The van der Waals surface area contributed by atoms with Crippen molar-refractivity contribution in [3.63, 3.8) is 0 Å². The Morgan fingerprint density at radius 3 is 2.45 bits per heavy atom. The lowest BCUT2D eigenvalue weighted by Crippen LogP contribution is -2.56. The number of nitrogens with zero attached hydrogens (tertiary/aromatic N) is 3. The lowest BCUT2D eigenvalue weighted by Gasteiger charge is -2.42. The maximum atomic E-state index is 13.5. The monoisotopic (exact) mass is 449 g/mol. The molecule has 3 fully saturated rings. The van der Waals surface area contributed by atoms with Gasteiger partial charge in [0.2, 0.25) is 5.91 Å². The van der Waals surface area contributed by atoms with Crippen molar-refractivity contribution in [2.45, 2.75) is 44.3 Å². The highest BCUT2D eigenvalue weighted by Gasteiger charge is 2.52. The highest BCUT2D eigenvalue weighted by atomic mass is 16.6. The average Bonchev–Trinajstić information content (AvgIpc) is 3.43. The van der Waals surface area contributed by atoms with Crippen LogP contribution in [0.5, 0.6) is 5.75 Å². The molecule has 0 saturated carbocycles. The Balaban J connectivity index is 1.32. The molecule has 5 rings (SSSR count). The number of benzene rings is 2. The Morgan fingerprint density at radius 2 is 1.79 bits per heavy atom. The van der Waals surface area contributed by atoms with Crippen LogP contribution in [-0.4, -0.2) is 73.3 Å². The van der Waals surface area contributed by atoms with Crippen LogP contribution >= 0.6 is 0 Å². The average molecular weight is 450 g/mol. The first-order valence-electron chi connectivity index (χ1n) is 11.8. The zero-order chi connectivity index (χ0) is 22.9. The van der Waals surface area contributed by atoms with Crippen molar-refractivity contribution in [3.05, 3.63) is 48.5 Å². The Hall–Kier alpha value is -3.06. The number of fused-ring (bicyclic) bond motifs is 2. The van der Waals surface area contributed by atoms with Gasteiger partial charge in [-0.15, -0.1) is 0 Å². The normalized spacial score (nSPS) is 23.3. The van der Waals surface area contributed by atoms with Crippen LogP contribution < -0.4 is 9.64 Å². The minimum atomic E-state index is -0.230. The fourth-order valence-corrected chi connectivity index (χ4v) is 5.61. The molecule has 0 radical (unpaired) electrons. The van der Waals surface area contributed by atoms with Crippen molar-refractivity contribution in [3.8, 4) is 16.9 Å². The number of anilines is 1. The fraction of sp³-hybridized carbons (Fsp3) is 0.462. The predicted octanol–water partition coefficient (Wildman–Crippen LogP) is 3.77. The number of rotatable bonds is 5. The lowest BCUT2D eigenvalue weighted by atomic mass is 10.0. The summed E-state index contributed by atoms with van der Waals surface area (Å²) >= 11 is 0. The molecular weight excluding hydrogens is 418 g/mol. The fourth-order valence-electron chi connectivity index (χ4n) is 5.61. The number of amides is 2. The van der Waals surface area contributed by atoms with Gasteiger partial charge in [-0.1, -0.05) is 36.4 Å². The molecule has 3 saturated heterocycles.